The van der Waals surface area contributed by atoms with E-state index in [2.05, 4.69) is 22.5 Å². The molecular formula is C23H31N5O4. The van der Waals surface area contributed by atoms with E-state index in [1.54, 1.807) is 13.8 Å². The number of nitro groups is 1. The van der Waals surface area contributed by atoms with Gasteiger partial charge in [0.25, 0.3) is 5.91 Å². The monoisotopic (exact) mass is 441 g/mol. The minimum absolute atomic E-state index is 0.126. The molecule has 9 heteroatoms. The molecule has 2 aromatic heterocycles. The van der Waals surface area contributed by atoms with Crippen LogP contribution in [0, 0.1) is 47.1 Å². The lowest BCUT2D eigenvalue weighted by molar-refractivity contribution is -0.389. The van der Waals surface area contributed by atoms with Crippen LogP contribution in [0.2, 0.25) is 0 Å². The Kier molecular flexibility index (Phi) is 5.09. The van der Waals surface area contributed by atoms with Gasteiger partial charge in [-0.1, -0.05) is 12.1 Å². The second-order valence-electron chi connectivity index (χ2n) is 10.3. The lowest BCUT2D eigenvalue weighted by Gasteiger charge is -2.59. The average Bonchev–Trinajstić information content (AvgIpc) is 3.28. The number of rotatable bonds is 7. The van der Waals surface area contributed by atoms with E-state index in [4.69, 9.17) is 4.52 Å². The zero-order chi connectivity index (χ0) is 22.6. The third-order valence-corrected chi connectivity index (χ3v) is 8.20. The number of hydrogen-bond donors (Lipinski definition) is 1. The summed E-state index contributed by atoms with van der Waals surface area (Å²) < 4.78 is 6.88. The number of aryl methyl sites for hydroxylation is 2. The molecule has 172 valence electrons. The quantitative estimate of drug-likeness (QED) is 0.509. The number of hydrogen-bond acceptors (Lipinski definition) is 6. The first-order valence-corrected chi connectivity index (χ1v) is 11.7. The maximum Gasteiger partial charge on any atom is 0.390 e. The van der Waals surface area contributed by atoms with Crippen molar-refractivity contribution in [3.63, 3.8) is 0 Å². The molecule has 0 aliphatic heterocycles. The van der Waals surface area contributed by atoms with Crippen LogP contribution < -0.4 is 5.32 Å². The molecule has 32 heavy (non-hydrogen) atoms. The molecule has 4 bridgehead atoms. The van der Waals surface area contributed by atoms with Crippen LogP contribution in [0.1, 0.15) is 79.4 Å². The number of amides is 1. The van der Waals surface area contributed by atoms with Crippen molar-refractivity contribution in [2.75, 3.05) is 0 Å². The maximum atomic E-state index is 13.4. The maximum absolute atomic E-state index is 13.4. The summed E-state index contributed by atoms with van der Waals surface area (Å²) in [5, 5.41) is 22.5. The van der Waals surface area contributed by atoms with Crippen molar-refractivity contribution >= 4 is 11.7 Å². The highest BCUT2D eigenvalue weighted by Crippen LogP contribution is 2.61. The van der Waals surface area contributed by atoms with E-state index in [0.717, 1.165) is 24.2 Å². The molecule has 1 unspecified atom stereocenters. The Morgan fingerprint density at radius 1 is 1.28 bits per heavy atom. The highest BCUT2D eigenvalue weighted by atomic mass is 16.6. The lowest BCUT2D eigenvalue weighted by Crippen LogP contribution is -2.56. The third kappa shape index (κ3) is 3.51. The van der Waals surface area contributed by atoms with Crippen LogP contribution in [0.3, 0.4) is 0 Å². The summed E-state index contributed by atoms with van der Waals surface area (Å²) in [5.41, 5.74) is 1.72. The van der Waals surface area contributed by atoms with Gasteiger partial charge in [-0.2, -0.15) is 4.68 Å². The molecular weight excluding hydrogens is 410 g/mol. The molecule has 2 heterocycles. The van der Waals surface area contributed by atoms with E-state index >= 15 is 0 Å². The molecule has 1 amide bonds. The molecule has 0 aromatic carbocycles. The van der Waals surface area contributed by atoms with Crippen molar-refractivity contribution in [3.05, 3.63) is 38.9 Å². The molecule has 0 saturated heterocycles. The summed E-state index contributed by atoms with van der Waals surface area (Å²) in [7, 11) is 0. The Bertz CT molecular complexity index is 1020. The molecule has 9 nitrogen and oxygen atoms in total. The SMILES string of the molecule is CCC(NC(=O)c1noc(C)c1Cn1nc([N+](=O)[O-])cc1C)C12CC3CC(CC(C3)C1)C2. The van der Waals surface area contributed by atoms with Crippen LogP contribution in [0.5, 0.6) is 0 Å². The van der Waals surface area contributed by atoms with E-state index in [0.29, 0.717) is 17.0 Å². The van der Waals surface area contributed by atoms with Gasteiger partial charge in [0.2, 0.25) is 0 Å². The summed E-state index contributed by atoms with van der Waals surface area (Å²) in [6.07, 6.45) is 8.66. The van der Waals surface area contributed by atoms with Crippen LogP contribution in [0.25, 0.3) is 0 Å². The zero-order valence-electron chi connectivity index (χ0n) is 19.0. The Hall–Kier alpha value is -2.71. The number of aromatic nitrogens is 3. The highest BCUT2D eigenvalue weighted by Gasteiger charge is 2.54. The van der Waals surface area contributed by atoms with Gasteiger partial charge in [-0.25, -0.2) is 0 Å². The van der Waals surface area contributed by atoms with Crippen molar-refractivity contribution in [1.29, 1.82) is 0 Å². The average molecular weight is 442 g/mol. The Balaban J connectivity index is 1.37. The second-order valence-corrected chi connectivity index (χ2v) is 10.3. The molecule has 4 fully saturated rings. The van der Waals surface area contributed by atoms with Crippen molar-refractivity contribution in [1.82, 2.24) is 20.3 Å². The molecule has 0 spiro atoms. The van der Waals surface area contributed by atoms with Crippen LogP contribution in [-0.4, -0.2) is 31.8 Å². The largest absolute Gasteiger partial charge is 0.390 e. The van der Waals surface area contributed by atoms with Crippen LogP contribution >= 0.6 is 0 Å². The van der Waals surface area contributed by atoms with Gasteiger partial charge >= 0.3 is 5.82 Å². The standard InChI is InChI=1S/C23H31N5O4/c1-4-19(23-9-15-6-16(10-23)8-17(7-15)11-23)24-22(29)21-18(14(3)32-26-21)12-27-13(2)5-20(25-27)28(30)31/h5,15-17,19H,4,6-12H2,1-3H3,(H,24,29). The number of carbonyl (C=O) groups is 1. The summed E-state index contributed by atoms with van der Waals surface area (Å²) in [6, 6.07) is 1.55. The smallest absolute Gasteiger partial charge is 0.361 e. The normalized spacial score (nSPS) is 29.3. The molecule has 4 aliphatic carbocycles. The van der Waals surface area contributed by atoms with Crippen LogP contribution in [0.15, 0.2) is 10.6 Å². The predicted octanol–water partition coefficient (Wildman–Crippen LogP) is 4.17. The van der Waals surface area contributed by atoms with Crippen molar-refractivity contribution in [2.24, 2.45) is 23.2 Å². The van der Waals surface area contributed by atoms with Crippen LogP contribution in [-0.2, 0) is 6.54 Å². The summed E-state index contributed by atoms with van der Waals surface area (Å²) in [5.74, 6) is 2.53. The van der Waals surface area contributed by atoms with E-state index in [9.17, 15) is 14.9 Å². The molecule has 4 saturated carbocycles. The van der Waals surface area contributed by atoms with Crippen LogP contribution in [0.4, 0.5) is 5.82 Å². The van der Waals surface area contributed by atoms with E-state index < -0.39 is 4.92 Å². The van der Waals surface area contributed by atoms with E-state index in [-0.39, 0.29) is 35.4 Å². The van der Waals surface area contributed by atoms with Gasteiger partial charge in [0.15, 0.2) is 5.69 Å². The van der Waals surface area contributed by atoms with Gasteiger partial charge < -0.3 is 20.0 Å². The predicted molar refractivity (Wildman–Crippen MR) is 116 cm³/mol. The highest BCUT2D eigenvalue weighted by molar-refractivity contribution is 5.94. The van der Waals surface area contributed by atoms with Gasteiger partial charge in [0, 0.05) is 6.04 Å². The Labute approximate surface area is 187 Å². The molecule has 0 radical (unpaired) electrons. The fourth-order valence-electron chi connectivity index (χ4n) is 7.17. The summed E-state index contributed by atoms with van der Waals surface area (Å²) >= 11 is 0. The molecule has 6 rings (SSSR count). The topological polar surface area (TPSA) is 116 Å². The molecule has 4 aliphatic rings. The summed E-state index contributed by atoms with van der Waals surface area (Å²) in [6.45, 7) is 5.86. The van der Waals surface area contributed by atoms with Gasteiger partial charge in [-0.05, 0) is 86.9 Å². The number of nitrogens with one attached hydrogen (secondary N) is 1. The van der Waals surface area contributed by atoms with E-state index in [1.807, 2.05) is 0 Å². The number of nitrogens with zero attached hydrogens (tertiary/aromatic N) is 4. The molecule has 2 aromatic rings. The first-order chi connectivity index (χ1) is 15.3. The lowest BCUT2D eigenvalue weighted by atomic mass is 9.47. The minimum atomic E-state index is -0.519. The minimum Gasteiger partial charge on any atom is -0.361 e. The Morgan fingerprint density at radius 3 is 2.44 bits per heavy atom. The van der Waals surface area contributed by atoms with Gasteiger partial charge in [-0.15, -0.1) is 0 Å². The first kappa shape index (κ1) is 21.2. The molecule has 1 atom stereocenters. The fourth-order valence-corrected chi connectivity index (χ4v) is 7.17. The zero-order valence-corrected chi connectivity index (χ0v) is 19.0. The number of carbonyl (C=O) groups excluding carboxylic acids is 1. The van der Waals surface area contributed by atoms with Crippen molar-refractivity contribution < 1.29 is 14.2 Å². The van der Waals surface area contributed by atoms with E-state index in [1.165, 1.54) is 49.3 Å². The van der Waals surface area contributed by atoms with Gasteiger partial charge in [-0.3, -0.25) is 4.79 Å². The third-order valence-electron chi connectivity index (χ3n) is 8.20. The first-order valence-electron chi connectivity index (χ1n) is 11.7. The Morgan fingerprint density at radius 2 is 1.91 bits per heavy atom. The second kappa shape index (κ2) is 7.71. The van der Waals surface area contributed by atoms with Gasteiger partial charge in [0.05, 0.1) is 29.0 Å². The molecule has 1 N–H and O–H groups in total. The van der Waals surface area contributed by atoms with Gasteiger partial charge in [0.1, 0.15) is 5.76 Å². The van der Waals surface area contributed by atoms with Crippen molar-refractivity contribution in [3.8, 4) is 0 Å². The summed E-state index contributed by atoms with van der Waals surface area (Å²) in [4.78, 5) is 23.9. The fraction of sp³-hybridized carbons (Fsp3) is 0.696. The van der Waals surface area contributed by atoms with Crippen molar-refractivity contribution in [2.45, 2.75) is 78.3 Å².